The van der Waals surface area contributed by atoms with E-state index >= 15 is 0 Å². The molecule has 1 saturated carbocycles. The van der Waals surface area contributed by atoms with Gasteiger partial charge in [0, 0.05) is 5.57 Å². The maximum Gasteiger partial charge on any atom is 0.299 e. The highest BCUT2D eigenvalue weighted by Crippen LogP contribution is 2.42. The third kappa shape index (κ3) is 9.44. The van der Waals surface area contributed by atoms with Gasteiger partial charge in [0.15, 0.2) is 18.4 Å². The van der Waals surface area contributed by atoms with Gasteiger partial charge in [-0.05, 0) is 54.0 Å². The van der Waals surface area contributed by atoms with Crippen molar-refractivity contribution in [2.24, 2.45) is 5.92 Å². The summed E-state index contributed by atoms with van der Waals surface area (Å²) in [6.45, 7) is -2.17. The zero-order valence-electron chi connectivity index (χ0n) is 34.3. The van der Waals surface area contributed by atoms with Crippen LogP contribution in [0.2, 0.25) is 0 Å². The number of phenols is 2. The first-order chi connectivity index (χ1) is 31.5. The molecule has 0 amide bonds. The van der Waals surface area contributed by atoms with E-state index < -0.39 is 161 Å². The molecule has 4 aliphatic rings. The van der Waals surface area contributed by atoms with Gasteiger partial charge in [0.1, 0.15) is 88.8 Å². The van der Waals surface area contributed by atoms with E-state index in [-0.39, 0.29) is 22.6 Å². The van der Waals surface area contributed by atoms with Gasteiger partial charge in [-0.3, -0.25) is 24.0 Å². The topological polar surface area (TPSA) is 426 Å². The highest BCUT2D eigenvalue weighted by Gasteiger charge is 2.64. The number of ketones is 5. The van der Waals surface area contributed by atoms with Gasteiger partial charge in [0.05, 0.1) is 19.1 Å². The van der Waals surface area contributed by atoms with E-state index in [1.807, 2.05) is 0 Å². The molecule has 24 heteroatoms. The van der Waals surface area contributed by atoms with Crippen molar-refractivity contribution in [3.63, 3.8) is 0 Å². The van der Waals surface area contributed by atoms with Crippen molar-refractivity contribution < 1.29 is 120 Å². The Labute approximate surface area is 376 Å². The third-order valence-corrected chi connectivity index (χ3v) is 11.2. The van der Waals surface area contributed by atoms with Gasteiger partial charge < -0.3 is 95.5 Å². The molecular formula is C43H44O24. The maximum atomic E-state index is 14.4. The number of ether oxygens (including phenoxy) is 4. The maximum absolute atomic E-state index is 14.4. The van der Waals surface area contributed by atoms with Crippen LogP contribution in [0, 0.1) is 5.92 Å². The van der Waals surface area contributed by atoms with Gasteiger partial charge in [-0.15, -0.1) is 0 Å². The molecule has 2 aliphatic heterocycles. The molecule has 24 nitrogen and oxygen atoms in total. The second kappa shape index (κ2) is 19.6. The second-order valence-corrected chi connectivity index (χ2v) is 15.6. The van der Waals surface area contributed by atoms with Crippen molar-refractivity contribution in [2.75, 3.05) is 13.2 Å². The smallest absolute Gasteiger partial charge is 0.299 e. The van der Waals surface area contributed by atoms with Gasteiger partial charge in [-0.1, -0.05) is 36.4 Å². The summed E-state index contributed by atoms with van der Waals surface area (Å²) in [6, 6.07) is 10.1. The molecule has 3 unspecified atom stereocenters. The first-order valence-electron chi connectivity index (χ1n) is 19.9. The van der Waals surface area contributed by atoms with Crippen LogP contribution in [0.4, 0.5) is 0 Å². The summed E-state index contributed by atoms with van der Waals surface area (Å²) in [5.41, 5.74) is -3.85. The van der Waals surface area contributed by atoms with Crippen LogP contribution in [0.25, 0.3) is 12.2 Å². The van der Waals surface area contributed by atoms with Crippen LogP contribution in [0.15, 0.2) is 94.7 Å². The van der Waals surface area contributed by atoms with E-state index in [2.05, 4.69) is 0 Å². The number of Topliss-reactive ketones (excluding diaryl/α,β-unsaturated/α-hetero) is 5. The van der Waals surface area contributed by atoms with E-state index in [0.717, 1.165) is 18.2 Å². The minimum Gasteiger partial charge on any atom is -0.508 e. The van der Waals surface area contributed by atoms with Gasteiger partial charge >= 0.3 is 0 Å². The molecule has 0 radical (unpaired) electrons. The summed E-state index contributed by atoms with van der Waals surface area (Å²) < 4.78 is 20.8. The van der Waals surface area contributed by atoms with Crippen molar-refractivity contribution in [3.05, 3.63) is 106 Å². The Bertz CT molecular complexity index is 2430. The van der Waals surface area contributed by atoms with E-state index in [1.165, 1.54) is 48.5 Å². The Hall–Kier alpha value is -6.07. The zero-order valence-corrected chi connectivity index (χ0v) is 34.3. The molecular weight excluding hydrogens is 900 g/mol. The molecule has 2 saturated heterocycles. The molecule has 2 aromatic rings. The normalized spacial score (nSPS) is 35.8. The van der Waals surface area contributed by atoms with Crippen LogP contribution < -0.4 is 0 Å². The molecule has 15 N–H and O–H groups in total. The van der Waals surface area contributed by atoms with E-state index in [9.17, 15) is 101 Å². The molecule has 0 spiro atoms. The summed E-state index contributed by atoms with van der Waals surface area (Å²) in [5.74, 6) is -25.5. The van der Waals surface area contributed by atoms with Crippen molar-refractivity contribution in [3.8, 4) is 11.5 Å². The lowest BCUT2D eigenvalue weighted by molar-refractivity contribution is -0.343. The van der Waals surface area contributed by atoms with Gasteiger partial charge in [-0.25, -0.2) is 0 Å². The lowest BCUT2D eigenvalue weighted by atomic mass is 9.72. The zero-order chi connectivity index (χ0) is 49.4. The third-order valence-electron chi connectivity index (χ3n) is 11.2. The molecule has 2 aromatic carbocycles. The van der Waals surface area contributed by atoms with Crippen molar-refractivity contribution in [1.82, 2.24) is 0 Å². The molecule has 6 rings (SSSR count). The highest BCUT2D eigenvalue weighted by molar-refractivity contribution is 6.38. The lowest BCUT2D eigenvalue weighted by Crippen LogP contribution is -2.66. The molecule has 13 atom stereocenters. The SMILES string of the molecule is O=C1/C(=C(O)\C=C\c2ccc(O)cc2)C(=O)C(O)(O[C@@H]2O[C@H](CO)[C@@H](O)[C@H](O)[C@H]2O)C(=O)C1CC1=C(O)/C(=C(O)/C=C/c2ccc(O)cc2)C(=O)C(O)(O[C@@H]2O[C@H](CO)[C@@H](O)[C@H](O)[C@H]2O)C1=O. The van der Waals surface area contributed by atoms with Gasteiger partial charge in [0.25, 0.3) is 11.6 Å². The minimum atomic E-state index is -4.10. The number of allylic oxidation sites excluding steroid dienone is 3. The minimum absolute atomic E-state index is 0.181. The number of benzene rings is 2. The van der Waals surface area contributed by atoms with E-state index in [0.29, 0.717) is 6.08 Å². The predicted octanol–water partition coefficient (Wildman–Crippen LogP) is -3.85. The average Bonchev–Trinajstić information content (AvgIpc) is 3.30. The molecule has 0 bridgehead atoms. The monoisotopic (exact) mass is 944 g/mol. The Kier molecular flexibility index (Phi) is 14.8. The number of hydrogen-bond acceptors (Lipinski definition) is 24. The first-order valence-corrected chi connectivity index (χ1v) is 19.9. The quantitative estimate of drug-likeness (QED) is 0.0318. The van der Waals surface area contributed by atoms with Crippen LogP contribution in [0.1, 0.15) is 17.5 Å². The largest absolute Gasteiger partial charge is 0.508 e. The fourth-order valence-electron chi connectivity index (χ4n) is 7.40. The molecule has 2 heterocycles. The number of phenolic OH excluding ortho intramolecular Hbond substituents is 2. The molecule has 0 aromatic heterocycles. The van der Waals surface area contributed by atoms with E-state index in [1.54, 1.807) is 0 Å². The number of carbonyl (C=O) groups is 5. The summed E-state index contributed by atoms with van der Waals surface area (Å²) in [6.07, 6.45) is -20.1. The predicted molar refractivity (Wildman–Crippen MR) is 216 cm³/mol. The van der Waals surface area contributed by atoms with Crippen LogP contribution in [-0.4, -0.2) is 192 Å². The van der Waals surface area contributed by atoms with Crippen LogP contribution in [0.3, 0.4) is 0 Å². The Morgan fingerprint density at radius 2 is 0.970 bits per heavy atom. The summed E-state index contributed by atoms with van der Waals surface area (Å²) in [7, 11) is 0. The number of aromatic hydroxyl groups is 2. The number of hydrogen-bond donors (Lipinski definition) is 15. The van der Waals surface area contributed by atoms with Crippen LogP contribution in [0.5, 0.6) is 11.5 Å². The molecule has 360 valence electrons. The number of aliphatic hydroxyl groups is 13. The Balaban J connectivity index is 1.50. The van der Waals surface area contributed by atoms with Gasteiger partial charge in [-0.2, -0.15) is 0 Å². The summed E-state index contributed by atoms with van der Waals surface area (Å²) >= 11 is 0. The number of aliphatic hydroxyl groups excluding tert-OH is 11. The molecule has 2 aliphatic carbocycles. The van der Waals surface area contributed by atoms with Crippen LogP contribution in [-0.2, 0) is 42.9 Å². The molecule has 67 heavy (non-hydrogen) atoms. The van der Waals surface area contributed by atoms with Gasteiger partial charge in [0.2, 0.25) is 23.1 Å². The van der Waals surface area contributed by atoms with Crippen molar-refractivity contribution in [2.45, 2.75) is 79.4 Å². The second-order valence-electron chi connectivity index (χ2n) is 15.6. The summed E-state index contributed by atoms with van der Waals surface area (Å²) in [5, 5.41) is 159. The van der Waals surface area contributed by atoms with Crippen molar-refractivity contribution >= 4 is 41.1 Å². The average molecular weight is 945 g/mol. The number of rotatable bonds is 12. The van der Waals surface area contributed by atoms with E-state index in [4.69, 9.17) is 18.9 Å². The number of carbonyl (C=O) groups excluding carboxylic acids is 5. The fraction of sp³-hybridized carbons (Fsp3) is 0.372. The fourth-order valence-corrected chi connectivity index (χ4v) is 7.40. The van der Waals surface area contributed by atoms with Crippen LogP contribution >= 0.6 is 0 Å². The Morgan fingerprint density at radius 3 is 1.40 bits per heavy atom. The summed E-state index contributed by atoms with van der Waals surface area (Å²) in [4.78, 5) is 71.2. The highest BCUT2D eigenvalue weighted by atomic mass is 16.8. The first kappa shape index (κ1) is 50.3. The van der Waals surface area contributed by atoms with Crippen molar-refractivity contribution in [1.29, 1.82) is 0 Å². The lowest BCUT2D eigenvalue weighted by Gasteiger charge is -2.43. The molecule has 3 fully saturated rings. The standard InChI is InChI=1S/C43H44O24/c44-14-24-30(52)32(54)34(56)40(64-24)66-42(62)36(58)20(28(50)26(38(42)60)22(48)11-5-16-1-7-18(46)8-2-16)13-21-29(51)27(23(49)12-6-17-3-9-19(47)10-4-17)39(61)43(63,37(21)59)67-41-35(57)33(55)31(53)25(15-45)65-41/h1-12,20,24-25,30-35,40-41,44-49,51-57,62-63H,13-15H2/b11-5+,12-6+,26-22-,27-23+/t20?,24-,25-,30-,31-,32+,33+,34-,35-,40+,41+,42?,43?/m1/s1. The Morgan fingerprint density at radius 1 is 0.567 bits per heavy atom.